The summed E-state index contributed by atoms with van der Waals surface area (Å²) in [6, 6.07) is 0. The van der Waals surface area contributed by atoms with Gasteiger partial charge in [0.1, 0.15) is 6.61 Å². The molecule has 0 aliphatic heterocycles. The minimum absolute atomic E-state index is 0.0343. The lowest BCUT2D eigenvalue weighted by molar-refractivity contribution is -0.120. The first kappa shape index (κ1) is 11.0. The van der Waals surface area contributed by atoms with Crippen molar-refractivity contribution < 1.29 is 9.53 Å². The predicted octanol–water partition coefficient (Wildman–Crippen LogP) is -0.584. The fourth-order valence-electron chi connectivity index (χ4n) is 0.809. The SMILES string of the molecule is COCC(=O)CSc1n[nH]c(=O)n1C. The third kappa shape index (κ3) is 2.71. The molecule has 0 unspecified atom stereocenters. The number of carbonyl (C=O) groups is 1. The van der Waals surface area contributed by atoms with E-state index in [9.17, 15) is 9.59 Å². The molecule has 78 valence electrons. The largest absolute Gasteiger partial charge is 0.377 e. The Morgan fingerprint density at radius 3 is 2.93 bits per heavy atom. The molecule has 0 aliphatic carbocycles. The summed E-state index contributed by atoms with van der Waals surface area (Å²) in [5.74, 6) is 0.222. The maximum Gasteiger partial charge on any atom is 0.343 e. The number of nitrogens with one attached hydrogen (secondary N) is 1. The van der Waals surface area contributed by atoms with Gasteiger partial charge in [0, 0.05) is 14.2 Å². The highest BCUT2D eigenvalue weighted by Gasteiger charge is 2.07. The van der Waals surface area contributed by atoms with E-state index >= 15 is 0 Å². The molecule has 0 fully saturated rings. The molecule has 0 atom stereocenters. The van der Waals surface area contributed by atoms with Gasteiger partial charge in [0.15, 0.2) is 10.9 Å². The summed E-state index contributed by atoms with van der Waals surface area (Å²) in [7, 11) is 3.06. The summed E-state index contributed by atoms with van der Waals surface area (Å²) < 4.78 is 6.02. The lowest BCUT2D eigenvalue weighted by Gasteiger charge is -1.98. The number of ketones is 1. The molecule has 0 saturated heterocycles. The Morgan fingerprint density at radius 1 is 1.71 bits per heavy atom. The number of ether oxygens (including phenoxy) is 1. The van der Waals surface area contributed by atoms with Crippen molar-refractivity contribution in [2.75, 3.05) is 19.5 Å². The highest BCUT2D eigenvalue weighted by Crippen LogP contribution is 2.11. The number of hydrogen-bond donors (Lipinski definition) is 1. The van der Waals surface area contributed by atoms with Gasteiger partial charge in [0.25, 0.3) is 0 Å². The molecule has 7 heteroatoms. The molecule has 1 heterocycles. The van der Waals surface area contributed by atoms with E-state index in [1.54, 1.807) is 7.05 Å². The van der Waals surface area contributed by atoms with Gasteiger partial charge in [-0.15, -0.1) is 5.10 Å². The van der Waals surface area contributed by atoms with Crippen LogP contribution in [0.5, 0.6) is 0 Å². The Morgan fingerprint density at radius 2 is 2.43 bits per heavy atom. The molecule has 1 rings (SSSR count). The van der Waals surface area contributed by atoms with Crippen molar-refractivity contribution in [1.29, 1.82) is 0 Å². The third-order valence-electron chi connectivity index (χ3n) is 1.51. The number of thioether (sulfide) groups is 1. The number of methoxy groups -OCH3 is 1. The molecule has 0 bridgehead atoms. The minimum Gasteiger partial charge on any atom is -0.377 e. The van der Waals surface area contributed by atoms with E-state index in [4.69, 9.17) is 0 Å². The first-order valence-electron chi connectivity index (χ1n) is 3.90. The van der Waals surface area contributed by atoms with Crippen LogP contribution in [0, 0.1) is 0 Å². The van der Waals surface area contributed by atoms with E-state index < -0.39 is 0 Å². The normalized spacial score (nSPS) is 10.4. The maximum absolute atomic E-state index is 11.1. The van der Waals surface area contributed by atoms with Crippen LogP contribution in [0.3, 0.4) is 0 Å². The van der Waals surface area contributed by atoms with Crippen LogP contribution in [-0.4, -0.2) is 40.0 Å². The van der Waals surface area contributed by atoms with Crippen molar-refractivity contribution in [3.63, 3.8) is 0 Å². The average Bonchev–Trinajstić information content (AvgIpc) is 2.46. The topological polar surface area (TPSA) is 77.0 Å². The van der Waals surface area contributed by atoms with Crippen molar-refractivity contribution >= 4 is 17.5 Å². The zero-order valence-electron chi connectivity index (χ0n) is 7.94. The molecule has 0 aliphatic rings. The molecule has 6 nitrogen and oxygen atoms in total. The maximum atomic E-state index is 11.1. The van der Waals surface area contributed by atoms with Gasteiger partial charge in [-0.2, -0.15) is 0 Å². The van der Waals surface area contributed by atoms with Gasteiger partial charge in [-0.3, -0.25) is 9.36 Å². The van der Waals surface area contributed by atoms with Gasteiger partial charge < -0.3 is 4.74 Å². The number of rotatable bonds is 5. The molecule has 0 saturated carbocycles. The van der Waals surface area contributed by atoms with Crippen LogP contribution in [0.1, 0.15) is 0 Å². The van der Waals surface area contributed by atoms with Crippen molar-refractivity contribution in [1.82, 2.24) is 14.8 Å². The molecule has 14 heavy (non-hydrogen) atoms. The molecule has 0 amide bonds. The standard InChI is InChI=1S/C7H11N3O3S/c1-10-6(12)8-9-7(10)14-4-5(11)3-13-2/h3-4H2,1-2H3,(H,8,12). The van der Waals surface area contributed by atoms with Crippen molar-refractivity contribution in [3.05, 3.63) is 10.5 Å². The van der Waals surface area contributed by atoms with Gasteiger partial charge in [-0.1, -0.05) is 11.8 Å². The summed E-state index contributed by atoms with van der Waals surface area (Å²) in [6.45, 7) is 0.0887. The third-order valence-corrected chi connectivity index (χ3v) is 2.60. The molecule has 1 N–H and O–H groups in total. The Hall–Kier alpha value is -1.08. The number of aromatic amines is 1. The van der Waals surface area contributed by atoms with Gasteiger partial charge in [0.2, 0.25) is 0 Å². The monoisotopic (exact) mass is 217 g/mol. The fourth-order valence-corrected chi connectivity index (χ4v) is 1.57. The van der Waals surface area contributed by atoms with E-state index in [0.29, 0.717) is 5.16 Å². The first-order chi connectivity index (χ1) is 6.65. The smallest absolute Gasteiger partial charge is 0.343 e. The number of aromatic nitrogens is 3. The van der Waals surface area contributed by atoms with Crippen molar-refractivity contribution in [2.45, 2.75) is 5.16 Å². The number of nitrogens with zero attached hydrogens (tertiary/aromatic N) is 2. The van der Waals surface area contributed by atoms with E-state index in [1.165, 1.54) is 23.4 Å². The van der Waals surface area contributed by atoms with Crippen molar-refractivity contribution in [2.24, 2.45) is 7.05 Å². The number of Topliss-reactive ketones (excluding diaryl/α,β-unsaturated/α-hetero) is 1. The van der Waals surface area contributed by atoms with Crippen LogP contribution in [0.4, 0.5) is 0 Å². The van der Waals surface area contributed by atoms with Gasteiger partial charge >= 0.3 is 5.69 Å². The number of carbonyl (C=O) groups excluding carboxylic acids is 1. The van der Waals surface area contributed by atoms with Crippen LogP contribution in [-0.2, 0) is 16.6 Å². The average molecular weight is 217 g/mol. The highest BCUT2D eigenvalue weighted by molar-refractivity contribution is 7.99. The predicted molar refractivity (Wildman–Crippen MR) is 51.4 cm³/mol. The summed E-state index contributed by atoms with van der Waals surface area (Å²) >= 11 is 1.21. The molecule has 0 spiro atoms. The minimum atomic E-state index is -0.285. The van der Waals surface area contributed by atoms with Crippen LogP contribution in [0.2, 0.25) is 0 Å². The zero-order chi connectivity index (χ0) is 10.6. The molecular weight excluding hydrogens is 206 g/mol. The van der Waals surface area contributed by atoms with Gasteiger partial charge in [-0.05, 0) is 0 Å². The summed E-state index contributed by atoms with van der Waals surface area (Å²) in [5, 5.41) is 6.53. The van der Waals surface area contributed by atoms with E-state index in [-0.39, 0.29) is 23.8 Å². The van der Waals surface area contributed by atoms with E-state index in [2.05, 4.69) is 14.9 Å². The molecule has 0 radical (unpaired) electrons. The van der Waals surface area contributed by atoms with Gasteiger partial charge in [-0.25, -0.2) is 9.89 Å². The summed E-state index contributed by atoms with van der Waals surface area (Å²) in [6.07, 6.45) is 0. The lowest BCUT2D eigenvalue weighted by Crippen LogP contribution is -2.14. The first-order valence-corrected chi connectivity index (χ1v) is 4.88. The van der Waals surface area contributed by atoms with Crippen LogP contribution >= 0.6 is 11.8 Å². The molecular formula is C7H11N3O3S. The second kappa shape index (κ2) is 4.97. The van der Waals surface area contributed by atoms with Gasteiger partial charge in [0.05, 0.1) is 5.75 Å². The zero-order valence-corrected chi connectivity index (χ0v) is 8.76. The van der Waals surface area contributed by atoms with E-state index in [0.717, 1.165) is 0 Å². The Labute approximate surface area is 84.6 Å². The highest BCUT2D eigenvalue weighted by atomic mass is 32.2. The van der Waals surface area contributed by atoms with E-state index in [1.807, 2.05) is 0 Å². The summed E-state index contributed by atoms with van der Waals surface area (Å²) in [4.78, 5) is 22.0. The Kier molecular flexibility index (Phi) is 3.90. The molecule has 0 aromatic carbocycles. The lowest BCUT2D eigenvalue weighted by atomic mass is 10.5. The van der Waals surface area contributed by atoms with Crippen LogP contribution in [0.25, 0.3) is 0 Å². The second-order valence-corrected chi connectivity index (χ2v) is 3.57. The quantitative estimate of drug-likeness (QED) is 0.667. The Balaban J connectivity index is 2.50. The molecule has 1 aromatic rings. The van der Waals surface area contributed by atoms with Crippen LogP contribution < -0.4 is 5.69 Å². The number of H-pyrrole nitrogens is 1. The fraction of sp³-hybridized carbons (Fsp3) is 0.571. The summed E-state index contributed by atoms with van der Waals surface area (Å²) in [5.41, 5.74) is -0.285. The number of hydrogen-bond acceptors (Lipinski definition) is 5. The van der Waals surface area contributed by atoms with Crippen LogP contribution in [0.15, 0.2) is 9.95 Å². The second-order valence-electron chi connectivity index (χ2n) is 2.63. The van der Waals surface area contributed by atoms with Crippen molar-refractivity contribution in [3.8, 4) is 0 Å². The Bertz CT molecular complexity index is 371. The molecule has 1 aromatic heterocycles.